The molecule has 0 amide bonds. The molecular formula is C15H16N2O2. The van der Waals surface area contributed by atoms with Crippen molar-refractivity contribution in [1.82, 2.24) is 0 Å². The van der Waals surface area contributed by atoms with E-state index < -0.39 is 0 Å². The van der Waals surface area contributed by atoms with Crippen LogP contribution in [0, 0.1) is 6.92 Å². The number of fused-ring (bicyclic) bond motifs is 1. The summed E-state index contributed by atoms with van der Waals surface area (Å²) in [5.41, 5.74) is 10.0. The van der Waals surface area contributed by atoms with Gasteiger partial charge in [0.15, 0.2) is 11.5 Å². The van der Waals surface area contributed by atoms with E-state index in [1.807, 2.05) is 37.4 Å². The van der Waals surface area contributed by atoms with Crippen molar-refractivity contribution in [2.45, 2.75) is 6.92 Å². The van der Waals surface area contributed by atoms with Gasteiger partial charge >= 0.3 is 0 Å². The Balaban J connectivity index is 2.02. The van der Waals surface area contributed by atoms with Crippen molar-refractivity contribution < 1.29 is 9.47 Å². The first-order valence-electron chi connectivity index (χ1n) is 6.15. The smallest absolute Gasteiger partial charge is 0.231 e. The van der Waals surface area contributed by atoms with Crippen LogP contribution in [0.2, 0.25) is 0 Å². The van der Waals surface area contributed by atoms with E-state index in [0.29, 0.717) is 0 Å². The predicted molar refractivity (Wildman–Crippen MR) is 76.2 cm³/mol. The standard InChI is InChI=1S/C15H16N2O2/c1-10-4-3-5-12(16)15(10)17(2)11-6-7-13-14(8-11)19-9-18-13/h3-8H,9,16H2,1-2H3. The molecule has 2 aromatic carbocycles. The SMILES string of the molecule is Cc1cccc(N)c1N(C)c1ccc2c(c1)OCO2. The fourth-order valence-electron chi connectivity index (χ4n) is 2.36. The highest BCUT2D eigenvalue weighted by Gasteiger charge is 2.16. The van der Waals surface area contributed by atoms with Gasteiger partial charge in [-0.05, 0) is 30.7 Å². The van der Waals surface area contributed by atoms with Crippen molar-refractivity contribution in [3.8, 4) is 11.5 Å². The van der Waals surface area contributed by atoms with Gasteiger partial charge in [0.2, 0.25) is 6.79 Å². The second-order valence-corrected chi connectivity index (χ2v) is 4.61. The van der Waals surface area contributed by atoms with Crippen molar-refractivity contribution in [3.63, 3.8) is 0 Å². The first-order chi connectivity index (χ1) is 9.16. The van der Waals surface area contributed by atoms with Crippen LogP contribution >= 0.6 is 0 Å². The van der Waals surface area contributed by atoms with Crippen LogP contribution in [0.4, 0.5) is 17.1 Å². The number of aryl methyl sites for hydroxylation is 1. The Labute approximate surface area is 112 Å². The van der Waals surface area contributed by atoms with Crippen molar-refractivity contribution in [3.05, 3.63) is 42.0 Å². The van der Waals surface area contributed by atoms with E-state index in [0.717, 1.165) is 34.1 Å². The fraction of sp³-hybridized carbons (Fsp3) is 0.200. The maximum Gasteiger partial charge on any atom is 0.231 e. The average Bonchev–Trinajstić information content (AvgIpc) is 2.85. The Morgan fingerprint density at radius 2 is 1.89 bits per heavy atom. The molecule has 0 spiro atoms. The van der Waals surface area contributed by atoms with E-state index in [-0.39, 0.29) is 6.79 Å². The molecule has 3 rings (SSSR count). The number of nitrogens with zero attached hydrogens (tertiary/aromatic N) is 1. The summed E-state index contributed by atoms with van der Waals surface area (Å²) < 4.78 is 10.7. The largest absolute Gasteiger partial charge is 0.454 e. The van der Waals surface area contributed by atoms with Gasteiger partial charge in [0.05, 0.1) is 11.4 Å². The van der Waals surface area contributed by atoms with Crippen molar-refractivity contribution in [2.75, 3.05) is 24.5 Å². The summed E-state index contributed by atoms with van der Waals surface area (Å²) in [6, 6.07) is 11.8. The molecule has 0 radical (unpaired) electrons. The van der Waals surface area contributed by atoms with Crippen LogP contribution in [0.1, 0.15) is 5.56 Å². The number of rotatable bonds is 2. The number of ether oxygens (including phenoxy) is 2. The van der Waals surface area contributed by atoms with Crippen LogP contribution in [-0.2, 0) is 0 Å². The lowest BCUT2D eigenvalue weighted by atomic mass is 10.1. The Hall–Kier alpha value is -2.36. The molecule has 98 valence electrons. The molecular weight excluding hydrogens is 240 g/mol. The molecule has 2 N–H and O–H groups in total. The zero-order valence-corrected chi connectivity index (χ0v) is 11.0. The highest BCUT2D eigenvalue weighted by Crippen LogP contribution is 2.38. The maximum absolute atomic E-state index is 6.07. The van der Waals surface area contributed by atoms with E-state index in [1.54, 1.807) is 0 Å². The average molecular weight is 256 g/mol. The van der Waals surface area contributed by atoms with Gasteiger partial charge in [0.1, 0.15) is 0 Å². The molecule has 0 atom stereocenters. The number of hydrogen-bond acceptors (Lipinski definition) is 4. The van der Waals surface area contributed by atoms with Gasteiger partial charge in [0.25, 0.3) is 0 Å². The van der Waals surface area contributed by atoms with Crippen LogP contribution in [-0.4, -0.2) is 13.8 Å². The normalized spacial score (nSPS) is 12.5. The van der Waals surface area contributed by atoms with Crippen molar-refractivity contribution in [1.29, 1.82) is 0 Å². The second-order valence-electron chi connectivity index (χ2n) is 4.61. The molecule has 0 unspecified atom stereocenters. The number of benzene rings is 2. The van der Waals surface area contributed by atoms with Crippen molar-refractivity contribution in [2.24, 2.45) is 0 Å². The molecule has 2 aromatic rings. The zero-order valence-electron chi connectivity index (χ0n) is 11.0. The van der Waals surface area contributed by atoms with Crippen LogP contribution < -0.4 is 20.1 Å². The van der Waals surface area contributed by atoms with E-state index in [1.165, 1.54) is 0 Å². The van der Waals surface area contributed by atoms with Crippen LogP contribution in [0.3, 0.4) is 0 Å². The molecule has 4 heteroatoms. The molecule has 0 aromatic heterocycles. The summed E-state index contributed by atoms with van der Waals surface area (Å²) in [5, 5.41) is 0. The van der Waals surface area contributed by atoms with Gasteiger partial charge in [-0.15, -0.1) is 0 Å². The Kier molecular flexibility index (Phi) is 2.71. The highest BCUT2D eigenvalue weighted by molar-refractivity contribution is 5.78. The highest BCUT2D eigenvalue weighted by atomic mass is 16.7. The number of anilines is 3. The van der Waals surface area contributed by atoms with Crippen molar-refractivity contribution >= 4 is 17.1 Å². The molecule has 1 aliphatic heterocycles. The van der Waals surface area contributed by atoms with Crippen LogP contribution in [0.5, 0.6) is 11.5 Å². The summed E-state index contributed by atoms with van der Waals surface area (Å²) in [6.45, 7) is 2.34. The summed E-state index contributed by atoms with van der Waals surface area (Å²) in [4.78, 5) is 2.06. The first-order valence-corrected chi connectivity index (χ1v) is 6.15. The second kappa shape index (κ2) is 4.39. The van der Waals surface area contributed by atoms with Crippen LogP contribution in [0.15, 0.2) is 36.4 Å². The third-order valence-electron chi connectivity index (χ3n) is 3.35. The summed E-state index contributed by atoms with van der Waals surface area (Å²) in [5.74, 6) is 1.56. The van der Waals surface area contributed by atoms with Crippen LogP contribution in [0.25, 0.3) is 0 Å². The van der Waals surface area contributed by atoms with E-state index >= 15 is 0 Å². The van der Waals surface area contributed by atoms with Gasteiger partial charge in [-0.25, -0.2) is 0 Å². The summed E-state index contributed by atoms with van der Waals surface area (Å²) in [7, 11) is 2.00. The fourth-order valence-corrected chi connectivity index (χ4v) is 2.36. The quantitative estimate of drug-likeness (QED) is 0.839. The molecule has 0 saturated heterocycles. The van der Waals surface area contributed by atoms with E-state index in [2.05, 4.69) is 17.9 Å². The molecule has 4 nitrogen and oxygen atoms in total. The van der Waals surface area contributed by atoms with Gasteiger partial charge < -0.3 is 20.1 Å². The minimum Gasteiger partial charge on any atom is -0.454 e. The topological polar surface area (TPSA) is 47.7 Å². The lowest BCUT2D eigenvalue weighted by molar-refractivity contribution is 0.174. The number of para-hydroxylation sites is 1. The molecule has 1 heterocycles. The summed E-state index contributed by atoms with van der Waals surface area (Å²) >= 11 is 0. The Morgan fingerprint density at radius 3 is 2.68 bits per heavy atom. The zero-order chi connectivity index (χ0) is 13.4. The Bertz CT molecular complexity index is 605. The number of hydrogen-bond donors (Lipinski definition) is 1. The monoisotopic (exact) mass is 256 g/mol. The first kappa shape index (κ1) is 11.7. The minimum atomic E-state index is 0.287. The molecule has 1 aliphatic rings. The molecule has 0 aliphatic carbocycles. The van der Waals surface area contributed by atoms with Gasteiger partial charge in [-0.1, -0.05) is 12.1 Å². The van der Waals surface area contributed by atoms with E-state index in [4.69, 9.17) is 15.2 Å². The third-order valence-corrected chi connectivity index (χ3v) is 3.35. The number of nitrogen functional groups attached to an aromatic ring is 1. The van der Waals surface area contributed by atoms with E-state index in [9.17, 15) is 0 Å². The molecule has 0 bridgehead atoms. The third kappa shape index (κ3) is 1.95. The molecule has 0 saturated carbocycles. The Morgan fingerprint density at radius 1 is 1.11 bits per heavy atom. The van der Waals surface area contributed by atoms with Gasteiger partial charge in [-0.3, -0.25) is 0 Å². The minimum absolute atomic E-state index is 0.287. The lowest BCUT2D eigenvalue weighted by Crippen LogP contribution is -2.13. The lowest BCUT2D eigenvalue weighted by Gasteiger charge is -2.23. The predicted octanol–water partition coefficient (Wildman–Crippen LogP) is 3.07. The maximum atomic E-state index is 6.07. The van der Waals surface area contributed by atoms with Gasteiger partial charge in [0, 0.05) is 18.8 Å². The molecule has 0 fully saturated rings. The molecule has 19 heavy (non-hydrogen) atoms. The number of nitrogens with two attached hydrogens (primary N) is 1. The van der Waals surface area contributed by atoms with Gasteiger partial charge in [-0.2, -0.15) is 0 Å². The summed E-state index contributed by atoms with van der Waals surface area (Å²) in [6.07, 6.45) is 0.